The molecule has 2 heterocycles. The van der Waals surface area contributed by atoms with Crippen LogP contribution < -0.4 is 5.32 Å². The van der Waals surface area contributed by atoms with Gasteiger partial charge in [-0.1, -0.05) is 6.92 Å². The number of carbonyl (C=O) groups excluding carboxylic acids is 1. The van der Waals surface area contributed by atoms with Crippen LogP contribution in [0.4, 0.5) is 5.69 Å². The molecule has 1 amide bonds. The zero-order valence-electron chi connectivity index (χ0n) is 10.8. The SMILES string of the molecule is C[C@H]1CCc2c(C(=O)Nc3ccncc3)csc2C1. The first-order valence-corrected chi connectivity index (χ1v) is 7.42. The Labute approximate surface area is 116 Å². The molecule has 2 aromatic heterocycles. The van der Waals surface area contributed by atoms with E-state index in [0.29, 0.717) is 0 Å². The number of nitrogens with zero attached hydrogens (tertiary/aromatic N) is 1. The first kappa shape index (κ1) is 12.4. The van der Waals surface area contributed by atoms with E-state index >= 15 is 0 Å². The molecule has 0 spiro atoms. The van der Waals surface area contributed by atoms with Gasteiger partial charge < -0.3 is 5.32 Å². The van der Waals surface area contributed by atoms with Crippen molar-refractivity contribution in [2.45, 2.75) is 26.2 Å². The zero-order valence-corrected chi connectivity index (χ0v) is 11.7. The number of aromatic nitrogens is 1. The largest absolute Gasteiger partial charge is 0.322 e. The zero-order chi connectivity index (χ0) is 13.2. The summed E-state index contributed by atoms with van der Waals surface area (Å²) in [6, 6.07) is 3.61. The van der Waals surface area contributed by atoms with Gasteiger partial charge in [0.25, 0.3) is 5.91 Å². The minimum atomic E-state index is -0.00162. The lowest BCUT2D eigenvalue weighted by Gasteiger charge is -2.18. The molecular weight excluding hydrogens is 256 g/mol. The molecule has 1 N–H and O–H groups in total. The van der Waals surface area contributed by atoms with Crippen molar-refractivity contribution in [1.29, 1.82) is 0 Å². The van der Waals surface area contributed by atoms with Gasteiger partial charge in [-0.15, -0.1) is 11.3 Å². The predicted molar refractivity (Wildman–Crippen MR) is 77.7 cm³/mol. The van der Waals surface area contributed by atoms with Crippen molar-refractivity contribution in [3.63, 3.8) is 0 Å². The average molecular weight is 272 g/mol. The number of thiophene rings is 1. The topological polar surface area (TPSA) is 42.0 Å². The maximum atomic E-state index is 12.3. The lowest BCUT2D eigenvalue weighted by atomic mass is 9.88. The highest BCUT2D eigenvalue weighted by molar-refractivity contribution is 7.10. The summed E-state index contributed by atoms with van der Waals surface area (Å²) in [5.74, 6) is 0.737. The molecule has 1 aliphatic rings. The second-order valence-corrected chi connectivity index (χ2v) is 6.05. The maximum Gasteiger partial charge on any atom is 0.256 e. The molecule has 0 saturated carbocycles. The Kier molecular flexibility index (Phi) is 3.34. The first-order valence-electron chi connectivity index (χ1n) is 6.54. The third-order valence-electron chi connectivity index (χ3n) is 3.58. The van der Waals surface area contributed by atoms with Gasteiger partial charge in [0.2, 0.25) is 0 Å². The highest BCUT2D eigenvalue weighted by atomic mass is 32.1. The molecule has 0 unspecified atom stereocenters. The van der Waals surface area contributed by atoms with Crippen molar-refractivity contribution >= 4 is 22.9 Å². The summed E-state index contributed by atoms with van der Waals surface area (Å²) < 4.78 is 0. The molecule has 1 atom stereocenters. The van der Waals surface area contributed by atoms with Crippen LogP contribution in [-0.4, -0.2) is 10.9 Å². The summed E-state index contributed by atoms with van der Waals surface area (Å²) >= 11 is 1.72. The van der Waals surface area contributed by atoms with E-state index in [1.54, 1.807) is 35.9 Å². The van der Waals surface area contributed by atoms with E-state index in [1.807, 2.05) is 5.38 Å². The Morgan fingerprint density at radius 2 is 2.21 bits per heavy atom. The predicted octanol–water partition coefficient (Wildman–Crippen LogP) is 3.52. The van der Waals surface area contributed by atoms with Crippen LogP contribution in [0.15, 0.2) is 29.9 Å². The average Bonchev–Trinajstić information content (AvgIpc) is 2.82. The molecule has 3 rings (SSSR count). The van der Waals surface area contributed by atoms with Gasteiger partial charge in [-0.05, 0) is 42.9 Å². The van der Waals surface area contributed by atoms with Crippen molar-refractivity contribution in [2.75, 3.05) is 5.32 Å². The molecule has 0 aromatic carbocycles. The van der Waals surface area contributed by atoms with Gasteiger partial charge in [0.05, 0.1) is 5.56 Å². The van der Waals surface area contributed by atoms with Crippen LogP contribution in [0.1, 0.15) is 34.1 Å². The van der Waals surface area contributed by atoms with E-state index in [0.717, 1.165) is 30.0 Å². The number of carbonyl (C=O) groups is 1. The van der Waals surface area contributed by atoms with Gasteiger partial charge in [0.1, 0.15) is 0 Å². The fourth-order valence-electron chi connectivity index (χ4n) is 2.50. The van der Waals surface area contributed by atoms with Crippen molar-refractivity contribution in [2.24, 2.45) is 5.92 Å². The smallest absolute Gasteiger partial charge is 0.256 e. The number of anilines is 1. The van der Waals surface area contributed by atoms with Crippen molar-refractivity contribution in [1.82, 2.24) is 4.98 Å². The molecule has 2 aromatic rings. The van der Waals surface area contributed by atoms with Crippen LogP contribution >= 0.6 is 11.3 Å². The summed E-state index contributed by atoms with van der Waals surface area (Å²) in [5, 5.41) is 4.93. The molecule has 0 saturated heterocycles. The molecule has 4 heteroatoms. The fraction of sp³-hybridized carbons (Fsp3) is 0.333. The van der Waals surface area contributed by atoms with Gasteiger partial charge in [0, 0.05) is 28.3 Å². The van der Waals surface area contributed by atoms with Crippen LogP contribution in [0.2, 0.25) is 0 Å². The minimum absolute atomic E-state index is 0.00162. The van der Waals surface area contributed by atoms with E-state index in [-0.39, 0.29) is 5.91 Å². The first-order chi connectivity index (χ1) is 9.24. The number of nitrogens with one attached hydrogen (secondary N) is 1. The van der Waals surface area contributed by atoms with E-state index in [9.17, 15) is 4.79 Å². The number of rotatable bonds is 2. The third-order valence-corrected chi connectivity index (χ3v) is 4.64. The van der Waals surface area contributed by atoms with Gasteiger partial charge >= 0.3 is 0 Å². The highest BCUT2D eigenvalue weighted by Crippen LogP contribution is 2.33. The maximum absolute atomic E-state index is 12.3. The van der Waals surface area contributed by atoms with Crippen molar-refractivity contribution in [3.8, 4) is 0 Å². The van der Waals surface area contributed by atoms with Crippen LogP contribution in [0.3, 0.4) is 0 Å². The molecule has 98 valence electrons. The van der Waals surface area contributed by atoms with Gasteiger partial charge in [-0.3, -0.25) is 9.78 Å². The molecule has 0 fully saturated rings. The summed E-state index contributed by atoms with van der Waals surface area (Å²) in [4.78, 5) is 17.6. The Bertz CT molecular complexity index is 591. The normalized spacial score (nSPS) is 17.8. The van der Waals surface area contributed by atoms with Gasteiger partial charge in [-0.25, -0.2) is 0 Å². The van der Waals surface area contributed by atoms with E-state index < -0.39 is 0 Å². The van der Waals surface area contributed by atoms with E-state index in [1.165, 1.54) is 16.9 Å². The Morgan fingerprint density at radius 3 is 3.00 bits per heavy atom. The number of pyridine rings is 1. The molecule has 0 bridgehead atoms. The molecule has 1 aliphatic carbocycles. The van der Waals surface area contributed by atoms with Gasteiger partial charge in [-0.2, -0.15) is 0 Å². The summed E-state index contributed by atoms with van der Waals surface area (Å²) in [7, 11) is 0. The molecule has 0 aliphatic heterocycles. The number of hydrogen-bond donors (Lipinski definition) is 1. The summed E-state index contributed by atoms with van der Waals surface area (Å²) in [6.45, 7) is 2.28. The number of fused-ring (bicyclic) bond motifs is 1. The van der Waals surface area contributed by atoms with Crippen LogP contribution in [0.5, 0.6) is 0 Å². The van der Waals surface area contributed by atoms with Crippen LogP contribution in [0.25, 0.3) is 0 Å². The summed E-state index contributed by atoms with van der Waals surface area (Å²) in [6.07, 6.45) is 6.68. The molecule has 0 radical (unpaired) electrons. The lowest BCUT2D eigenvalue weighted by Crippen LogP contribution is -2.16. The lowest BCUT2D eigenvalue weighted by molar-refractivity contribution is 0.102. The number of hydrogen-bond acceptors (Lipinski definition) is 3. The molecule has 3 nitrogen and oxygen atoms in total. The van der Waals surface area contributed by atoms with Gasteiger partial charge in [0.15, 0.2) is 0 Å². The Balaban J connectivity index is 1.81. The minimum Gasteiger partial charge on any atom is -0.322 e. The third kappa shape index (κ3) is 2.54. The molecular formula is C15H16N2OS. The Morgan fingerprint density at radius 1 is 1.42 bits per heavy atom. The fourth-order valence-corrected chi connectivity index (χ4v) is 3.75. The van der Waals surface area contributed by atoms with Crippen LogP contribution in [0, 0.1) is 5.92 Å². The van der Waals surface area contributed by atoms with Crippen molar-refractivity contribution < 1.29 is 4.79 Å². The quantitative estimate of drug-likeness (QED) is 0.909. The van der Waals surface area contributed by atoms with E-state index in [4.69, 9.17) is 0 Å². The standard InChI is InChI=1S/C15H16N2OS/c1-10-2-3-12-13(9-19-14(12)8-10)15(18)17-11-4-6-16-7-5-11/h4-7,9-10H,2-3,8H2,1H3,(H,16,17,18)/t10-/m0/s1. The van der Waals surface area contributed by atoms with Crippen LogP contribution in [-0.2, 0) is 12.8 Å². The summed E-state index contributed by atoms with van der Waals surface area (Å²) in [5.41, 5.74) is 2.91. The van der Waals surface area contributed by atoms with Crippen molar-refractivity contribution in [3.05, 3.63) is 45.9 Å². The monoisotopic (exact) mass is 272 g/mol. The molecule has 19 heavy (non-hydrogen) atoms. The Hall–Kier alpha value is -1.68. The second kappa shape index (κ2) is 5.13. The highest BCUT2D eigenvalue weighted by Gasteiger charge is 2.23. The number of amides is 1. The van der Waals surface area contributed by atoms with E-state index in [2.05, 4.69) is 17.2 Å². The second-order valence-electron chi connectivity index (χ2n) is 5.09.